The van der Waals surface area contributed by atoms with E-state index in [9.17, 15) is 19.2 Å². The molecule has 0 spiro atoms. The highest BCUT2D eigenvalue weighted by Crippen LogP contribution is 2.30. The number of fused-ring (bicyclic) bond motifs is 1. The largest absolute Gasteiger partial charge is 0.353 e. The molecular weight excluding hydrogens is 372 g/mol. The summed E-state index contributed by atoms with van der Waals surface area (Å²) in [5, 5.41) is 3.67. The summed E-state index contributed by atoms with van der Waals surface area (Å²) in [5.41, 5.74) is 0.498. The topological polar surface area (TPSA) is 92.8 Å². The van der Waals surface area contributed by atoms with Crippen LogP contribution in [0.15, 0.2) is 24.3 Å². The summed E-state index contributed by atoms with van der Waals surface area (Å²) >= 11 is 0. The highest BCUT2D eigenvalue weighted by Gasteiger charge is 2.40. The Kier molecular flexibility index (Phi) is 5.65. The molecule has 2 aliphatic carbocycles. The van der Waals surface area contributed by atoms with Crippen LogP contribution in [0.4, 0.5) is 0 Å². The fraction of sp³-hybridized carbons (Fsp3) is 0.545. The number of carbonyl (C=O) groups excluding carboxylic acids is 4. The van der Waals surface area contributed by atoms with Crippen molar-refractivity contribution in [2.75, 3.05) is 0 Å². The Labute approximate surface area is 169 Å². The lowest BCUT2D eigenvalue weighted by Crippen LogP contribution is -2.41. The Morgan fingerprint density at radius 3 is 2.10 bits per heavy atom. The molecule has 154 valence electrons. The molecule has 3 amide bonds. The van der Waals surface area contributed by atoms with Crippen LogP contribution in [-0.2, 0) is 14.4 Å². The van der Waals surface area contributed by atoms with Crippen molar-refractivity contribution < 1.29 is 24.0 Å². The molecule has 29 heavy (non-hydrogen) atoms. The quantitative estimate of drug-likeness (QED) is 0.770. The van der Waals surface area contributed by atoms with Crippen molar-refractivity contribution in [3.05, 3.63) is 35.4 Å². The Hall–Kier alpha value is -2.70. The second-order valence-corrected chi connectivity index (χ2v) is 8.33. The van der Waals surface area contributed by atoms with Gasteiger partial charge in [0.2, 0.25) is 5.91 Å². The van der Waals surface area contributed by atoms with Crippen molar-refractivity contribution in [2.45, 2.75) is 63.8 Å². The van der Waals surface area contributed by atoms with Crippen LogP contribution in [-0.4, -0.2) is 34.8 Å². The van der Waals surface area contributed by atoms with Crippen molar-refractivity contribution in [3.8, 4) is 0 Å². The molecule has 1 heterocycles. The van der Waals surface area contributed by atoms with E-state index in [1.165, 1.54) is 12.8 Å². The lowest BCUT2D eigenvalue weighted by atomic mass is 9.86. The minimum Gasteiger partial charge on any atom is -0.353 e. The molecule has 1 aromatic carbocycles. The Morgan fingerprint density at radius 2 is 1.52 bits per heavy atom. The molecule has 1 N–H and O–H groups in total. The molecule has 0 radical (unpaired) electrons. The number of nitrogens with one attached hydrogen (secondary N) is 1. The third kappa shape index (κ3) is 4.18. The van der Waals surface area contributed by atoms with Gasteiger partial charge in [0.25, 0.3) is 11.8 Å². The van der Waals surface area contributed by atoms with Crippen LogP contribution in [0.1, 0.15) is 78.5 Å². The van der Waals surface area contributed by atoms with Crippen LogP contribution in [0.2, 0.25) is 0 Å². The standard InChI is InChI=1S/C22H26N2O5/c25-19(13-14-5-1-2-6-14)23-16-11-9-15(10-12-16)22(28)29-24-20(26)17-7-3-4-8-18(17)21(24)27/h3-4,7-8,14-16H,1-2,5-6,9-13H2,(H,23,25). The lowest BCUT2D eigenvalue weighted by Gasteiger charge is -2.28. The molecule has 7 heteroatoms. The fourth-order valence-corrected chi connectivity index (χ4v) is 4.65. The minimum absolute atomic E-state index is 0.0762. The maximum Gasteiger partial charge on any atom is 0.336 e. The van der Waals surface area contributed by atoms with Crippen LogP contribution in [0.5, 0.6) is 0 Å². The van der Waals surface area contributed by atoms with E-state index in [0.29, 0.717) is 43.1 Å². The summed E-state index contributed by atoms with van der Waals surface area (Å²) < 4.78 is 0. The van der Waals surface area contributed by atoms with Gasteiger partial charge in [-0.25, -0.2) is 4.79 Å². The lowest BCUT2D eigenvalue weighted by molar-refractivity contribution is -0.175. The van der Waals surface area contributed by atoms with E-state index in [-0.39, 0.29) is 29.0 Å². The molecule has 0 bridgehead atoms. The van der Waals surface area contributed by atoms with Crippen LogP contribution in [0, 0.1) is 11.8 Å². The molecule has 0 unspecified atom stereocenters. The first-order chi connectivity index (χ1) is 14.0. The molecule has 4 rings (SSSR count). The van der Waals surface area contributed by atoms with Crippen molar-refractivity contribution >= 4 is 23.7 Å². The van der Waals surface area contributed by atoms with Gasteiger partial charge in [0.15, 0.2) is 0 Å². The third-order valence-electron chi connectivity index (χ3n) is 6.31. The van der Waals surface area contributed by atoms with Gasteiger partial charge in [-0.1, -0.05) is 30.0 Å². The first kappa shape index (κ1) is 19.6. The van der Waals surface area contributed by atoms with E-state index >= 15 is 0 Å². The predicted molar refractivity (Wildman–Crippen MR) is 103 cm³/mol. The highest BCUT2D eigenvalue weighted by molar-refractivity contribution is 6.20. The summed E-state index contributed by atoms with van der Waals surface area (Å²) in [5.74, 6) is -1.52. The summed E-state index contributed by atoms with van der Waals surface area (Å²) in [6, 6.07) is 6.49. The van der Waals surface area contributed by atoms with Gasteiger partial charge < -0.3 is 10.2 Å². The van der Waals surface area contributed by atoms with E-state index < -0.39 is 17.8 Å². The summed E-state index contributed by atoms with van der Waals surface area (Å²) in [4.78, 5) is 54.5. The van der Waals surface area contributed by atoms with Crippen molar-refractivity contribution in [1.29, 1.82) is 0 Å². The van der Waals surface area contributed by atoms with Crippen LogP contribution in [0.25, 0.3) is 0 Å². The van der Waals surface area contributed by atoms with Gasteiger partial charge in [-0.05, 0) is 56.6 Å². The Bertz CT molecular complexity index is 787. The van der Waals surface area contributed by atoms with Gasteiger partial charge >= 0.3 is 5.97 Å². The van der Waals surface area contributed by atoms with Crippen molar-refractivity contribution in [3.63, 3.8) is 0 Å². The number of hydrogen-bond donors (Lipinski definition) is 1. The van der Waals surface area contributed by atoms with Gasteiger partial charge in [-0.15, -0.1) is 0 Å². The molecule has 0 aromatic heterocycles. The summed E-state index contributed by atoms with van der Waals surface area (Å²) in [6.07, 6.45) is 7.84. The average Bonchev–Trinajstić information content (AvgIpc) is 3.31. The van der Waals surface area contributed by atoms with Gasteiger partial charge in [-0.3, -0.25) is 14.4 Å². The maximum absolute atomic E-state index is 12.5. The molecule has 2 fully saturated rings. The van der Waals surface area contributed by atoms with E-state index in [2.05, 4.69) is 5.32 Å². The Morgan fingerprint density at radius 1 is 0.931 bits per heavy atom. The number of imide groups is 1. The van der Waals surface area contributed by atoms with Gasteiger partial charge in [0.1, 0.15) is 0 Å². The predicted octanol–water partition coefficient (Wildman–Crippen LogP) is 3.00. The number of hydrogen-bond acceptors (Lipinski definition) is 5. The first-order valence-electron chi connectivity index (χ1n) is 10.5. The molecule has 1 aliphatic heterocycles. The Balaban J connectivity index is 1.25. The molecule has 1 aromatic rings. The molecule has 0 atom stereocenters. The van der Waals surface area contributed by atoms with E-state index in [4.69, 9.17) is 4.84 Å². The average molecular weight is 398 g/mol. The zero-order valence-electron chi connectivity index (χ0n) is 16.4. The second-order valence-electron chi connectivity index (χ2n) is 8.33. The van der Waals surface area contributed by atoms with Crippen LogP contribution >= 0.6 is 0 Å². The molecule has 0 saturated heterocycles. The number of amides is 3. The summed E-state index contributed by atoms with van der Waals surface area (Å²) in [6.45, 7) is 0. The molecule has 3 aliphatic rings. The monoisotopic (exact) mass is 398 g/mol. The number of carbonyl (C=O) groups is 4. The number of benzene rings is 1. The van der Waals surface area contributed by atoms with Crippen LogP contribution in [0.3, 0.4) is 0 Å². The summed E-state index contributed by atoms with van der Waals surface area (Å²) in [7, 11) is 0. The van der Waals surface area contributed by atoms with Crippen molar-refractivity contribution in [1.82, 2.24) is 10.4 Å². The smallest absolute Gasteiger partial charge is 0.336 e. The molecule has 7 nitrogen and oxygen atoms in total. The zero-order valence-corrected chi connectivity index (χ0v) is 16.4. The van der Waals surface area contributed by atoms with E-state index in [1.54, 1.807) is 24.3 Å². The van der Waals surface area contributed by atoms with E-state index in [0.717, 1.165) is 12.8 Å². The number of nitrogens with zero attached hydrogens (tertiary/aromatic N) is 1. The van der Waals surface area contributed by atoms with Crippen molar-refractivity contribution in [2.24, 2.45) is 11.8 Å². The van der Waals surface area contributed by atoms with Crippen LogP contribution < -0.4 is 5.32 Å². The normalized spacial score (nSPS) is 24.5. The molecular formula is C22H26N2O5. The second kappa shape index (κ2) is 8.35. The van der Waals surface area contributed by atoms with Gasteiger partial charge in [-0.2, -0.15) is 0 Å². The van der Waals surface area contributed by atoms with Gasteiger partial charge in [0, 0.05) is 12.5 Å². The maximum atomic E-state index is 12.5. The highest BCUT2D eigenvalue weighted by atomic mass is 16.7. The molecule has 2 saturated carbocycles. The zero-order chi connectivity index (χ0) is 20.4. The minimum atomic E-state index is -0.605. The number of rotatable bonds is 5. The SMILES string of the molecule is O=C(CC1CCCC1)NC1CCC(C(=O)ON2C(=O)c3ccccc3C2=O)CC1. The number of hydroxylamine groups is 2. The third-order valence-corrected chi connectivity index (χ3v) is 6.31. The van der Waals surface area contributed by atoms with E-state index in [1.807, 2.05) is 0 Å². The fourth-order valence-electron chi connectivity index (χ4n) is 4.65. The first-order valence-corrected chi connectivity index (χ1v) is 10.5. The van der Waals surface area contributed by atoms with Gasteiger partial charge in [0.05, 0.1) is 17.0 Å².